The van der Waals surface area contributed by atoms with Crippen LogP contribution in [0.5, 0.6) is 12.0 Å². The lowest BCUT2D eigenvalue weighted by Crippen LogP contribution is -2.18. The van der Waals surface area contributed by atoms with Crippen LogP contribution < -0.4 is 15.2 Å². The van der Waals surface area contributed by atoms with Crippen LogP contribution >= 0.6 is 0 Å². The molecule has 106 valence electrons. The van der Waals surface area contributed by atoms with E-state index in [1.54, 1.807) is 0 Å². The number of hydrogen-bond donors (Lipinski definition) is 1. The molecule has 0 atom stereocenters. The van der Waals surface area contributed by atoms with Crippen LogP contribution in [-0.4, -0.2) is 27.2 Å². The molecule has 0 aliphatic heterocycles. The van der Waals surface area contributed by atoms with Gasteiger partial charge in [-0.2, -0.15) is 9.97 Å². The van der Waals surface area contributed by atoms with E-state index in [4.69, 9.17) is 15.2 Å². The highest BCUT2D eigenvalue weighted by molar-refractivity contribution is 5.20. The second kappa shape index (κ2) is 6.54. The van der Waals surface area contributed by atoms with Gasteiger partial charge in [0.05, 0.1) is 6.10 Å². The van der Waals surface area contributed by atoms with Crippen LogP contribution in [0.2, 0.25) is 0 Å². The monoisotopic (exact) mass is 266 g/mol. The first-order valence-electron chi connectivity index (χ1n) is 6.98. The van der Waals surface area contributed by atoms with Gasteiger partial charge in [-0.15, -0.1) is 4.98 Å². The number of ether oxygens (including phenoxy) is 2. The molecule has 1 heterocycles. The number of hydrogen-bond acceptors (Lipinski definition) is 6. The molecule has 6 nitrogen and oxygen atoms in total. The Morgan fingerprint density at radius 2 is 1.63 bits per heavy atom. The number of aromatic nitrogens is 3. The van der Waals surface area contributed by atoms with Crippen LogP contribution in [0.1, 0.15) is 52.4 Å². The molecule has 1 fully saturated rings. The van der Waals surface area contributed by atoms with Crippen molar-refractivity contribution in [1.82, 2.24) is 15.0 Å². The van der Waals surface area contributed by atoms with E-state index in [2.05, 4.69) is 15.0 Å². The predicted molar refractivity (Wildman–Crippen MR) is 72.1 cm³/mol. The Morgan fingerprint density at radius 1 is 1.00 bits per heavy atom. The minimum absolute atomic E-state index is 0.00692. The first-order chi connectivity index (χ1) is 9.13. The second-order valence-corrected chi connectivity index (χ2v) is 5.16. The van der Waals surface area contributed by atoms with Gasteiger partial charge in [0.25, 0.3) is 0 Å². The Morgan fingerprint density at radius 3 is 2.26 bits per heavy atom. The van der Waals surface area contributed by atoms with E-state index in [9.17, 15) is 0 Å². The minimum atomic E-state index is -0.00692. The van der Waals surface area contributed by atoms with Crippen molar-refractivity contribution < 1.29 is 9.47 Å². The summed E-state index contributed by atoms with van der Waals surface area (Å²) in [5.41, 5.74) is 5.65. The van der Waals surface area contributed by atoms with Gasteiger partial charge in [-0.1, -0.05) is 12.8 Å². The van der Waals surface area contributed by atoms with Gasteiger partial charge in [0.2, 0.25) is 5.95 Å². The smallest absolute Gasteiger partial charge is 0.324 e. The van der Waals surface area contributed by atoms with Crippen molar-refractivity contribution in [3.63, 3.8) is 0 Å². The Bertz CT molecular complexity index is 404. The van der Waals surface area contributed by atoms with Crippen molar-refractivity contribution in [3.8, 4) is 12.0 Å². The fourth-order valence-corrected chi connectivity index (χ4v) is 2.18. The van der Waals surface area contributed by atoms with Gasteiger partial charge in [0.1, 0.15) is 6.10 Å². The van der Waals surface area contributed by atoms with Gasteiger partial charge < -0.3 is 15.2 Å². The summed E-state index contributed by atoms with van der Waals surface area (Å²) in [6.07, 6.45) is 7.21. The predicted octanol–water partition coefficient (Wildman–Crippen LogP) is 2.34. The molecular formula is C13H22N4O2. The number of nitrogen functional groups attached to an aromatic ring is 1. The number of nitrogens with two attached hydrogens (primary N) is 1. The fraction of sp³-hybridized carbons (Fsp3) is 0.769. The zero-order valence-electron chi connectivity index (χ0n) is 11.6. The molecule has 1 aromatic heterocycles. The normalized spacial score (nSPS) is 17.2. The van der Waals surface area contributed by atoms with Crippen LogP contribution in [-0.2, 0) is 0 Å². The number of anilines is 1. The van der Waals surface area contributed by atoms with Gasteiger partial charge in [-0.3, -0.25) is 0 Å². The van der Waals surface area contributed by atoms with Crippen molar-refractivity contribution in [2.24, 2.45) is 0 Å². The standard InChI is InChI=1S/C13H22N4O2/c1-9(2)18-12-15-11(14)16-13(17-12)19-10-7-5-3-4-6-8-10/h9-10H,3-8H2,1-2H3,(H2,14,15,16,17). The van der Waals surface area contributed by atoms with E-state index < -0.39 is 0 Å². The molecule has 1 aliphatic carbocycles. The molecule has 0 spiro atoms. The van der Waals surface area contributed by atoms with Gasteiger partial charge in [-0.05, 0) is 39.5 Å². The third kappa shape index (κ3) is 4.54. The molecule has 2 N–H and O–H groups in total. The van der Waals surface area contributed by atoms with Crippen molar-refractivity contribution >= 4 is 5.95 Å². The maximum Gasteiger partial charge on any atom is 0.324 e. The Hall–Kier alpha value is -1.59. The lowest BCUT2D eigenvalue weighted by atomic mass is 10.2. The lowest BCUT2D eigenvalue weighted by molar-refractivity contribution is 0.160. The zero-order chi connectivity index (χ0) is 13.7. The van der Waals surface area contributed by atoms with Crippen LogP contribution in [0.25, 0.3) is 0 Å². The third-order valence-corrected chi connectivity index (χ3v) is 3.03. The van der Waals surface area contributed by atoms with E-state index in [0.717, 1.165) is 12.8 Å². The average molecular weight is 266 g/mol. The SMILES string of the molecule is CC(C)Oc1nc(N)nc(OC2CCCCCC2)n1. The summed E-state index contributed by atoms with van der Waals surface area (Å²) in [6.45, 7) is 3.82. The van der Waals surface area contributed by atoms with E-state index in [-0.39, 0.29) is 30.2 Å². The number of rotatable bonds is 4. The molecule has 0 saturated heterocycles. The van der Waals surface area contributed by atoms with E-state index in [1.165, 1.54) is 25.7 Å². The molecule has 1 aliphatic rings. The molecule has 1 aromatic rings. The highest BCUT2D eigenvalue weighted by atomic mass is 16.5. The highest BCUT2D eigenvalue weighted by Crippen LogP contribution is 2.22. The first-order valence-corrected chi connectivity index (χ1v) is 6.98. The topological polar surface area (TPSA) is 83.2 Å². The Kier molecular flexibility index (Phi) is 4.76. The lowest BCUT2D eigenvalue weighted by Gasteiger charge is -2.16. The van der Waals surface area contributed by atoms with Gasteiger partial charge >= 0.3 is 12.0 Å². The quantitative estimate of drug-likeness (QED) is 0.842. The summed E-state index contributed by atoms with van der Waals surface area (Å²) in [4.78, 5) is 12.1. The zero-order valence-corrected chi connectivity index (χ0v) is 11.6. The van der Waals surface area contributed by atoms with E-state index >= 15 is 0 Å². The largest absolute Gasteiger partial charge is 0.461 e. The number of nitrogens with zero attached hydrogens (tertiary/aromatic N) is 3. The molecular weight excluding hydrogens is 244 g/mol. The van der Waals surface area contributed by atoms with Crippen LogP contribution in [0.3, 0.4) is 0 Å². The van der Waals surface area contributed by atoms with Crippen molar-refractivity contribution in [3.05, 3.63) is 0 Å². The molecule has 6 heteroatoms. The minimum Gasteiger partial charge on any atom is -0.461 e. The van der Waals surface area contributed by atoms with Crippen LogP contribution in [0.4, 0.5) is 5.95 Å². The molecule has 0 amide bonds. The molecule has 2 rings (SSSR count). The summed E-state index contributed by atoms with van der Waals surface area (Å²) >= 11 is 0. The first kappa shape index (κ1) is 13.8. The Labute approximate surface area is 113 Å². The Balaban J connectivity index is 2.04. The summed E-state index contributed by atoms with van der Waals surface area (Å²) in [5, 5.41) is 0. The fourth-order valence-electron chi connectivity index (χ4n) is 2.18. The van der Waals surface area contributed by atoms with Crippen molar-refractivity contribution in [2.45, 2.75) is 64.6 Å². The summed E-state index contributed by atoms with van der Waals surface area (Å²) in [6, 6.07) is 0.501. The van der Waals surface area contributed by atoms with Gasteiger partial charge in [0, 0.05) is 0 Å². The van der Waals surface area contributed by atoms with E-state index in [0.29, 0.717) is 0 Å². The molecule has 0 unspecified atom stereocenters. The summed E-state index contributed by atoms with van der Waals surface area (Å²) < 4.78 is 11.2. The van der Waals surface area contributed by atoms with E-state index in [1.807, 2.05) is 13.8 Å². The van der Waals surface area contributed by atoms with Crippen LogP contribution in [0, 0.1) is 0 Å². The molecule has 19 heavy (non-hydrogen) atoms. The maximum atomic E-state index is 5.82. The second-order valence-electron chi connectivity index (χ2n) is 5.16. The molecule has 0 aromatic carbocycles. The van der Waals surface area contributed by atoms with Gasteiger partial charge in [0.15, 0.2) is 0 Å². The van der Waals surface area contributed by atoms with Crippen molar-refractivity contribution in [2.75, 3.05) is 5.73 Å². The third-order valence-electron chi connectivity index (χ3n) is 3.03. The summed E-state index contributed by atoms with van der Waals surface area (Å²) in [7, 11) is 0. The molecule has 0 bridgehead atoms. The average Bonchev–Trinajstić information content (AvgIpc) is 2.55. The van der Waals surface area contributed by atoms with Gasteiger partial charge in [-0.25, -0.2) is 0 Å². The summed E-state index contributed by atoms with van der Waals surface area (Å²) in [5.74, 6) is 0.134. The van der Waals surface area contributed by atoms with Crippen LogP contribution in [0.15, 0.2) is 0 Å². The molecule has 1 saturated carbocycles. The molecule has 0 radical (unpaired) electrons. The maximum absolute atomic E-state index is 5.82. The highest BCUT2D eigenvalue weighted by Gasteiger charge is 2.16. The van der Waals surface area contributed by atoms with Crippen molar-refractivity contribution in [1.29, 1.82) is 0 Å².